The second-order valence-electron chi connectivity index (χ2n) is 7.04. The Kier molecular flexibility index (Phi) is 4.06. The van der Waals surface area contributed by atoms with E-state index in [1.807, 2.05) is 19.1 Å². The maximum absolute atomic E-state index is 12.4. The first-order valence-corrected chi connectivity index (χ1v) is 9.16. The molecular weight excluding hydrogens is 390 g/mol. The molecule has 1 aromatic rings. The van der Waals surface area contributed by atoms with Gasteiger partial charge in [-0.05, 0) is 49.4 Å². The highest BCUT2D eigenvalue weighted by Crippen LogP contribution is 2.57. The van der Waals surface area contributed by atoms with E-state index in [4.69, 9.17) is 9.47 Å². The van der Waals surface area contributed by atoms with Crippen molar-refractivity contribution in [2.45, 2.75) is 25.9 Å². The number of fused-ring (bicyclic) bond motifs is 1. The number of benzene rings is 1. The molecule has 4 rings (SSSR count). The Morgan fingerprint density at radius 1 is 1.36 bits per heavy atom. The monoisotopic (exact) mass is 407 g/mol. The third-order valence-electron chi connectivity index (χ3n) is 5.56. The van der Waals surface area contributed by atoms with Gasteiger partial charge >= 0.3 is 11.9 Å². The van der Waals surface area contributed by atoms with Crippen LogP contribution in [-0.2, 0) is 23.9 Å². The van der Waals surface area contributed by atoms with Gasteiger partial charge in [-0.25, -0.2) is 0 Å². The van der Waals surface area contributed by atoms with E-state index in [9.17, 15) is 14.4 Å². The average molecular weight is 408 g/mol. The molecule has 1 saturated heterocycles. The van der Waals surface area contributed by atoms with Gasteiger partial charge in [0, 0.05) is 16.1 Å². The molecule has 1 heterocycles. The first-order chi connectivity index (χ1) is 11.9. The highest BCUT2D eigenvalue weighted by Gasteiger charge is 2.64. The predicted octanol–water partition coefficient (Wildman–Crippen LogP) is 2.44. The number of nitrogens with one attached hydrogen (secondary N) is 1. The number of ether oxygens (including phenoxy) is 2. The molecule has 7 heteroatoms. The maximum atomic E-state index is 12.4. The van der Waals surface area contributed by atoms with Crippen molar-refractivity contribution in [1.29, 1.82) is 0 Å². The summed E-state index contributed by atoms with van der Waals surface area (Å²) in [5, 5.41) is 2.73. The Morgan fingerprint density at radius 3 is 2.92 bits per heavy atom. The van der Waals surface area contributed by atoms with Crippen LogP contribution >= 0.6 is 15.9 Å². The minimum Gasteiger partial charge on any atom is -0.462 e. The molecule has 2 bridgehead atoms. The summed E-state index contributed by atoms with van der Waals surface area (Å²) in [4.78, 5) is 36.4. The molecule has 5 atom stereocenters. The van der Waals surface area contributed by atoms with Gasteiger partial charge in [0.2, 0.25) is 0 Å². The molecule has 0 aromatic heterocycles. The summed E-state index contributed by atoms with van der Waals surface area (Å²) in [5.41, 5.74) is 1.58. The molecule has 1 aromatic carbocycles. The second kappa shape index (κ2) is 6.12. The van der Waals surface area contributed by atoms with Crippen molar-refractivity contribution in [2.24, 2.45) is 23.7 Å². The smallest absolute Gasteiger partial charge is 0.310 e. The van der Waals surface area contributed by atoms with E-state index < -0.39 is 17.8 Å². The Bertz CT molecular complexity index is 762. The zero-order valence-electron chi connectivity index (χ0n) is 13.7. The van der Waals surface area contributed by atoms with E-state index >= 15 is 0 Å². The fraction of sp³-hybridized carbons (Fsp3) is 0.500. The largest absolute Gasteiger partial charge is 0.462 e. The molecule has 1 N–H and O–H groups in total. The minimum absolute atomic E-state index is 0.0183. The summed E-state index contributed by atoms with van der Waals surface area (Å²) in [6, 6.07) is 5.49. The van der Waals surface area contributed by atoms with Gasteiger partial charge in [0.15, 0.2) is 6.61 Å². The third-order valence-corrected chi connectivity index (χ3v) is 6.06. The van der Waals surface area contributed by atoms with Crippen LogP contribution in [0, 0.1) is 30.6 Å². The Balaban J connectivity index is 1.34. The molecule has 2 aliphatic carbocycles. The molecule has 0 unspecified atom stereocenters. The van der Waals surface area contributed by atoms with Gasteiger partial charge < -0.3 is 14.8 Å². The molecule has 0 radical (unpaired) electrons. The number of hydrogen-bond acceptors (Lipinski definition) is 5. The van der Waals surface area contributed by atoms with E-state index in [-0.39, 0.29) is 36.4 Å². The number of aryl methyl sites for hydroxylation is 1. The highest BCUT2D eigenvalue weighted by atomic mass is 79.9. The minimum atomic E-state index is -0.461. The van der Waals surface area contributed by atoms with Gasteiger partial charge in [-0.2, -0.15) is 0 Å². The van der Waals surface area contributed by atoms with E-state index in [2.05, 4.69) is 21.2 Å². The molecule has 1 aliphatic heterocycles. The summed E-state index contributed by atoms with van der Waals surface area (Å²) in [6.45, 7) is 1.52. The third kappa shape index (κ3) is 2.84. The zero-order chi connectivity index (χ0) is 17.7. The van der Waals surface area contributed by atoms with Crippen molar-refractivity contribution in [3.63, 3.8) is 0 Å². The average Bonchev–Trinajstić information content (AvgIpc) is 3.17. The van der Waals surface area contributed by atoms with Gasteiger partial charge in [0.25, 0.3) is 5.91 Å². The van der Waals surface area contributed by atoms with E-state index in [1.165, 1.54) is 0 Å². The fourth-order valence-corrected chi connectivity index (χ4v) is 4.99. The van der Waals surface area contributed by atoms with Crippen LogP contribution in [0.1, 0.15) is 18.4 Å². The van der Waals surface area contributed by atoms with Crippen LogP contribution in [0.3, 0.4) is 0 Å². The Hall–Kier alpha value is -1.89. The molecule has 132 valence electrons. The van der Waals surface area contributed by atoms with E-state index in [0.29, 0.717) is 5.69 Å². The van der Waals surface area contributed by atoms with Crippen molar-refractivity contribution in [2.75, 3.05) is 11.9 Å². The van der Waals surface area contributed by atoms with E-state index in [1.54, 1.807) is 6.07 Å². The van der Waals surface area contributed by atoms with Crippen LogP contribution in [0.4, 0.5) is 5.69 Å². The topological polar surface area (TPSA) is 81.7 Å². The lowest BCUT2D eigenvalue weighted by Crippen LogP contribution is -2.35. The van der Waals surface area contributed by atoms with Gasteiger partial charge in [-0.1, -0.05) is 15.9 Å². The summed E-state index contributed by atoms with van der Waals surface area (Å²) < 4.78 is 11.4. The second-order valence-corrected chi connectivity index (χ2v) is 7.95. The molecule has 2 saturated carbocycles. The molecular formula is C18H18BrNO5. The van der Waals surface area contributed by atoms with Crippen LogP contribution in [-0.4, -0.2) is 30.6 Å². The number of amides is 1. The number of hydrogen-bond donors (Lipinski definition) is 1. The van der Waals surface area contributed by atoms with Crippen molar-refractivity contribution in [3.8, 4) is 0 Å². The van der Waals surface area contributed by atoms with Gasteiger partial charge in [0.05, 0.1) is 11.8 Å². The number of halogens is 1. The summed E-state index contributed by atoms with van der Waals surface area (Å²) in [5.74, 6) is -1.70. The quantitative estimate of drug-likeness (QED) is 0.775. The summed E-state index contributed by atoms with van der Waals surface area (Å²) in [6.07, 6.45) is 1.55. The SMILES string of the molecule is Cc1cc(Br)ccc1NC(=O)COC(=O)[C@@H]1[C@@H]2C[C@@H]3[C@@H]1C(=O)O[C@H]3C2. The van der Waals surface area contributed by atoms with Crippen LogP contribution in [0.5, 0.6) is 0 Å². The molecule has 6 nitrogen and oxygen atoms in total. The van der Waals surface area contributed by atoms with Crippen molar-refractivity contribution >= 4 is 39.5 Å². The van der Waals surface area contributed by atoms with Gasteiger partial charge in [0.1, 0.15) is 6.10 Å². The normalized spacial score (nSPS) is 31.8. The lowest BCUT2D eigenvalue weighted by atomic mass is 9.80. The lowest BCUT2D eigenvalue weighted by molar-refractivity contribution is -0.157. The maximum Gasteiger partial charge on any atom is 0.310 e. The van der Waals surface area contributed by atoms with Gasteiger partial charge in [-0.15, -0.1) is 0 Å². The number of rotatable bonds is 4. The number of esters is 2. The number of carbonyl (C=O) groups excluding carboxylic acids is 3. The zero-order valence-corrected chi connectivity index (χ0v) is 15.2. The summed E-state index contributed by atoms with van der Waals surface area (Å²) in [7, 11) is 0. The van der Waals surface area contributed by atoms with Crippen molar-refractivity contribution < 1.29 is 23.9 Å². The van der Waals surface area contributed by atoms with Crippen LogP contribution in [0.25, 0.3) is 0 Å². The van der Waals surface area contributed by atoms with Crippen LogP contribution in [0.2, 0.25) is 0 Å². The molecule has 3 aliphatic rings. The van der Waals surface area contributed by atoms with Crippen LogP contribution in [0.15, 0.2) is 22.7 Å². The number of anilines is 1. The fourth-order valence-electron chi connectivity index (χ4n) is 4.51. The Labute approximate surface area is 153 Å². The van der Waals surface area contributed by atoms with Crippen molar-refractivity contribution in [1.82, 2.24) is 0 Å². The van der Waals surface area contributed by atoms with Gasteiger partial charge in [-0.3, -0.25) is 14.4 Å². The first-order valence-electron chi connectivity index (χ1n) is 8.37. The standard InChI is InChI=1S/C18H18BrNO5/c1-8-4-10(19)2-3-12(8)20-14(21)7-24-17(22)15-9-5-11-13(6-9)25-18(23)16(11)15/h2-4,9,11,13,15-16H,5-7H2,1H3,(H,20,21)/t9-,11+,13+,15-,16+/m1/s1. The Morgan fingerprint density at radius 2 is 2.16 bits per heavy atom. The first kappa shape index (κ1) is 16.6. The van der Waals surface area contributed by atoms with Crippen molar-refractivity contribution in [3.05, 3.63) is 28.2 Å². The van der Waals surface area contributed by atoms with Crippen LogP contribution < -0.4 is 5.32 Å². The molecule has 25 heavy (non-hydrogen) atoms. The molecule has 0 spiro atoms. The lowest BCUT2D eigenvalue weighted by Gasteiger charge is -2.22. The predicted molar refractivity (Wildman–Crippen MR) is 91.5 cm³/mol. The number of carbonyl (C=O) groups is 3. The highest BCUT2D eigenvalue weighted by molar-refractivity contribution is 9.10. The van der Waals surface area contributed by atoms with E-state index in [0.717, 1.165) is 22.9 Å². The molecule has 3 fully saturated rings. The molecule has 1 amide bonds. The summed E-state index contributed by atoms with van der Waals surface area (Å²) >= 11 is 3.37.